The van der Waals surface area contributed by atoms with Crippen LogP contribution in [0.25, 0.3) is 6.08 Å². The molecule has 26 heavy (non-hydrogen) atoms. The van der Waals surface area contributed by atoms with Gasteiger partial charge in [-0.1, -0.05) is 37.1 Å². The predicted molar refractivity (Wildman–Crippen MR) is 102 cm³/mol. The normalized spacial score (nSPS) is 10.9. The zero-order chi connectivity index (χ0) is 18.9. The van der Waals surface area contributed by atoms with Crippen LogP contribution in [0.2, 0.25) is 5.02 Å². The molecule has 0 aliphatic heterocycles. The van der Waals surface area contributed by atoms with Gasteiger partial charge in [-0.05, 0) is 60.9 Å². The Morgan fingerprint density at radius 3 is 2.58 bits per heavy atom. The van der Waals surface area contributed by atoms with Crippen molar-refractivity contribution in [2.45, 2.75) is 26.7 Å². The molecule has 0 N–H and O–H groups in total. The Labute approximate surface area is 158 Å². The van der Waals surface area contributed by atoms with Gasteiger partial charge < -0.3 is 9.47 Å². The number of carbonyl (C=O) groups is 1. The number of ether oxygens (including phenoxy) is 2. The first-order valence-corrected chi connectivity index (χ1v) is 8.74. The zero-order valence-electron chi connectivity index (χ0n) is 14.8. The van der Waals surface area contributed by atoms with Crippen LogP contribution < -0.4 is 9.47 Å². The van der Waals surface area contributed by atoms with Crippen molar-refractivity contribution in [3.8, 4) is 17.6 Å². The Hall–Kier alpha value is -2.77. The molecule has 5 heteroatoms. The fourth-order valence-electron chi connectivity index (χ4n) is 2.18. The maximum absolute atomic E-state index is 12.3. The Morgan fingerprint density at radius 2 is 1.96 bits per heavy atom. The molecule has 134 valence electrons. The molecule has 0 saturated carbocycles. The highest BCUT2D eigenvalue weighted by Gasteiger charge is 2.13. The molecule has 2 rings (SSSR count). The van der Waals surface area contributed by atoms with Crippen molar-refractivity contribution in [3.63, 3.8) is 0 Å². The SMILES string of the molecule is CCCCOc1ccc(/C=C(\C#N)C(=O)Oc2ccc(Cl)cc2C)cc1. The largest absolute Gasteiger partial charge is 0.494 e. The number of carbonyl (C=O) groups excluding carboxylic acids is 1. The maximum atomic E-state index is 12.3. The summed E-state index contributed by atoms with van der Waals surface area (Å²) in [5.74, 6) is 0.426. The number of nitriles is 1. The molecular weight excluding hydrogens is 350 g/mol. The van der Waals surface area contributed by atoms with Gasteiger partial charge in [-0.3, -0.25) is 0 Å². The molecule has 2 aromatic carbocycles. The molecule has 0 aliphatic carbocycles. The van der Waals surface area contributed by atoms with Crippen molar-refractivity contribution < 1.29 is 14.3 Å². The third kappa shape index (κ3) is 5.65. The number of rotatable bonds is 7. The lowest BCUT2D eigenvalue weighted by Gasteiger charge is -2.07. The first kappa shape index (κ1) is 19.6. The molecule has 0 atom stereocenters. The molecule has 0 fully saturated rings. The standard InChI is InChI=1S/C21H20ClNO3/c1-3-4-11-25-19-8-5-16(6-9-19)13-17(14-23)21(24)26-20-10-7-18(22)12-15(20)2/h5-10,12-13H,3-4,11H2,1-2H3/b17-13+. The smallest absolute Gasteiger partial charge is 0.354 e. The summed E-state index contributed by atoms with van der Waals surface area (Å²) in [6.07, 6.45) is 3.56. The summed E-state index contributed by atoms with van der Waals surface area (Å²) in [5.41, 5.74) is 1.35. The van der Waals surface area contributed by atoms with E-state index in [4.69, 9.17) is 21.1 Å². The topological polar surface area (TPSA) is 59.3 Å². The highest BCUT2D eigenvalue weighted by atomic mass is 35.5. The van der Waals surface area contributed by atoms with E-state index in [0.717, 1.165) is 24.2 Å². The number of esters is 1. The van der Waals surface area contributed by atoms with Crippen LogP contribution in [0.4, 0.5) is 0 Å². The Morgan fingerprint density at radius 1 is 1.23 bits per heavy atom. The summed E-state index contributed by atoms with van der Waals surface area (Å²) < 4.78 is 10.9. The fourth-order valence-corrected chi connectivity index (χ4v) is 2.41. The van der Waals surface area contributed by atoms with E-state index in [9.17, 15) is 10.1 Å². The molecule has 2 aromatic rings. The summed E-state index contributed by atoms with van der Waals surface area (Å²) in [6.45, 7) is 4.55. The summed E-state index contributed by atoms with van der Waals surface area (Å²) in [5, 5.41) is 9.84. The van der Waals surface area contributed by atoms with Crippen molar-refractivity contribution >= 4 is 23.6 Å². The van der Waals surface area contributed by atoms with Crippen LogP contribution in [-0.4, -0.2) is 12.6 Å². The molecule has 0 spiro atoms. The Kier molecular flexibility index (Phi) is 7.25. The Bertz CT molecular complexity index is 835. The van der Waals surface area contributed by atoms with Crippen LogP contribution in [-0.2, 0) is 4.79 Å². The molecule has 0 amide bonds. The van der Waals surface area contributed by atoms with E-state index in [-0.39, 0.29) is 5.57 Å². The van der Waals surface area contributed by atoms with E-state index in [2.05, 4.69) is 6.92 Å². The number of hydrogen-bond donors (Lipinski definition) is 0. The summed E-state index contributed by atoms with van der Waals surface area (Å²) >= 11 is 5.89. The van der Waals surface area contributed by atoms with Crippen LogP contribution in [0.5, 0.6) is 11.5 Å². The molecule has 0 aromatic heterocycles. The molecule has 0 aliphatic rings. The van der Waals surface area contributed by atoms with Crippen LogP contribution in [0.1, 0.15) is 30.9 Å². The average Bonchev–Trinajstić information content (AvgIpc) is 2.63. The molecule has 0 unspecified atom stereocenters. The van der Waals surface area contributed by atoms with Gasteiger partial charge in [-0.25, -0.2) is 4.79 Å². The lowest BCUT2D eigenvalue weighted by molar-refractivity contribution is -0.129. The van der Waals surface area contributed by atoms with E-state index < -0.39 is 5.97 Å². The van der Waals surface area contributed by atoms with Gasteiger partial charge in [-0.15, -0.1) is 0 Å². The maximum Gasteiger partial charge on any atom is 0.354 e. The van der Waals surface area contributed by atoms with E-state index >= 15 is 0 Å². The zero-order valence-corrected chi connectivity index (χ0v) is 15.5. The minimum atomic E-state index is -0.707. The molecule has 0 heterocycles. The van der Waals surface area contributed by atoms with Crippen molar-refractivity contribution in [3.05, 3.63) is 64.2 Å². The average molecular weight is 370 g/mol. The summed E-state index contributed by atoms with van der Waals surface area (Å²) in [6, 6.07) is 14.0. The third-order valence-electron chi connectivity index (χ3n) is 3.64. The van der Waals surface area contributed by atoms with Gasteiger partial charge >= 0.3 is 5.97 Å². The van der Waals surface area contributed by atoms with E-state index in [1.54, 1.807) is 37.3 Å². The molecular formula is C21H20ClNO3. The van der Waals surface area contributed by atoms with E-state index in [1.165, 1.54) is 6.08 Å². The van der Waals surface area contributed by atoms with Gasteiger partial charge in [0.05, 0.1) is 6.61 Å². The second kappa shape index (κ2) is 9.65. The van der Waals surface area contributed by atoms with Crippen LogP contribution in [0, 0.1) is 18.3 Å². The lowest BCUT2D eigenvalue weighted by Crippen LogP contribution is -2.10. The van der Waals surface area contributed by atoms with Gasteiger partial charge in [-0.2, -0.15) is 5.26 Å². The van der Waals surface area contributed by atoms with Crippen LogP contribution in [0.15, 0.2) is 48.0 Å². The predicted octanol–water partition coefficient (Wildman–Crippen LogP) is 5.34. The first-order valence-electron chi connectivity index (χ1n) is 8.36. The number of unbranched alkanes of at least 4 members (excludes halogenated alkanes) is 1. The second-order valence-electron chi connectivity index (χ2n) is 5.74. The minimum Gasteiger partial charge on any atom is -0.494 e. The van der Waals surface area contributed by atoms with Crippen molar-refractivity contribution in [1.29, 1.82) is 5.26 Å². The monoisotopic (exact) mass is 369 g/mol. The minimum absolute atomic E-state index is 0.0843. The molecule has 0 radical (unpaired) electrons. The Balaban J connectivity index is 2.09. The van der Waals surface area contributed by atoms with Crippen molar-refractivity contribution in [1.82, 2.24) is 0 Å². The summed E-state index contributed by atoms with van der Waals surface area (Å²) in [7, 11) is 0. The quantitative estimate of drug-likeness (QED) is 0.217. The number of nitrogens with zero attached hydrogens (tertiary/aromatic N) is 1. The van der Waals surface area contributed by atoms with Gasteiger partial charge in [0.2, 0.25) is 0 Å². The summed E-state index contributed by atoms with van der Waals surface area (Å²) in [4.78, 5) is 12.3. The van der Waals surface area contributed by atoms with Crippen LogP contribution >= 0.6 is 11.6 Å². The van der Waals surface area contributed by atoms with Crippen LogP contribution in [0.3, 0.4) is 0 Å². The highest BCUT2D eigenvalue weighted by Crippen LogP contribution is 2.23. The fraction of sp³-hybridized carbons (Fsp3) is 0.238. The number of benzene rings is 2. The van der Waals surface area contributed by atoms with Crippen molar-refractivity contribution in [2.24, 2.45) is 0 Å². The molecule has 4 nitrogen and oxygen atoms in total. The molecule has 0 bridgehead atoms. The first-order chi connectivity index (χ1) is 12.5. The lowest BCUT2D eigenvalue weighted by atomic mass is 10.1. The van der Waals surface area contributed by atoms with E-state index in [1.807, 2.05) is 18.2 Å². The van der Waals surface area contributed by atoms with Gasteiger partial charge in [0.25, 0.3) is 0 Å². The van der Waals surface area contributed by atoms with Gasteiger partial charge in [0.15, 0.2) is 0 Å². The molecule has 0 saturated heterocycles. The van der Waals surface area contributed by atoms with E-state index in [0.29, 0.717) is 22.9 Å². The number of hydrogen-bond acceptors (Lipinski definition) is 4. The van der Waals surface area contributed by atoms with Gasteiger partial charge in [0.1, 0.15) is 23.1 Å². The third-order valence-corrected chi connectivity index (χ3v) is 3.87. The number of halogens is 1. The number of aryl methyl sites for hydroxylation is 1. The second-order valence-corrected chi connectivity index (χ2v) is 6.18. The highest BCUT2D eigenvalue weighted by molar-refractivity contribution is 6.30. The van der Waals surface area contributed by atoms with Crippen molar-refractivity contribution in [2.75, 3.05) is 6.61 Å². The van der Waals surface area contributed by atoms with Gasteiger partial charge in [0, 0.05) is 5.02 Å².